The average Bonchev–Trinajstić information content (AvgIpc) is 2.75. The maximum Gasteiger partial charge on any atom is 0.162 e. The largest absolute Gasteiger partial charge is 0.390 e. The maximum absolute atomic E-state index is 12.7. The lowest BCUT2D eigenvalue weighted by Gasteiger charge is -2.45. The molecule has 0 spiro atoms. The van der Waals surface area contributed by atoms with E-state index in [2.05, 4.69) is 6.92 Å². The first kappa shape index (κ1) is 14.0. The van der Waals surface area contributed by atoms with Crippen LogP contribution in [0.1, 0.15) is 52.9 Å². The van der Waals surface area contributed by atoms with Crippen molar-refractivity contribution >= 4 is 12.1 Å². The summed E-state index contributed by atoms with van der Waals surface area (Å²) in [6.07, 6.45) is 5.04. The van der Waals surface area contributed by atoms with Gasteiger partial charge in [0.1, 0.15) is 6.29 Å². The molecule has 0 bridgehead atoms. The predicted octanol–water partition coefficient (Wildman–Crippen LogP) is 2.67. The molecule has 0 unspecified atom stereocenters. The number of allylic oxidation sites excluding steroid dienone is 1. The van der Waals surface area contributed by atoms with Gasteiger partial charge in [0.2, 0.25) is 0 Å². The van der Waals surface area contributed by atoms with Gasteiger partial charge in [-0.1, -0.05) is 19.4 Å². The highest BCUT2D eigenvalue weighted by molar-refractivity contribution is 6.01. The van der Waals surface area contributed by atoms with E-state index in [1.165, 1.54) is 5.57 Å². The fraction of sp³-hybridized carbons (Fsp3) is 0.765. The van der Waals surface area contributed by atoms with Crippen LogP contribution < -0.4 is 0 Å². The van der Waals surface area contributed by atoms with Crippen LogP contribution in [-0.4, -0.2) is 22.8 Å². The summed E-state index contributed by atoms with van der Waals surface area (Å²) in [4.78, 5) is 23.8. The normalized spacial score (nSPS) is 45.3. The van der Waals surface area contributed by atoms with Gasteiger partial charge in [-0.05, 0) is 50.0 Å². The van der Waals surface area contributed by atoms with E-state index in [9.17, 15) is 14.7 Å². The smallest absolute Gasteiger partial charge is 0.162 e. The monoisotopic (exact) mass is 276 g/mol. The number of aldehydes is 1. The van der Waals surface area contributed by atoms with Gasteiger partial charge in [-0.15, -0.1) is 0 Å². The van der Waals surface area contributed by atoms with Crippen molar-refractivity contribution < 1.29 is 14.7 Å². The Morgan fingerprint density at radius 3 is 2.70 bits per heavy atom. The molecule has 0 aromatic rings. The quantitative estimate of drug-likeness (QED) is 0.789. The third-order valence-corrected chi connectivity index (χ3v) is 6.09. The lowest BCUT2D eigenvalue weighted by molar-refractivity contribution is -0.127. The standard InChI is InChI=1S/C17H24O3/c1-10(9-18)12-8-16(2)6-5-13-14(16)11(15(12)19)4-7-17(13,3)20/h9-10,12-13,20H,4-8H2,1-3H3/t10-,12-,13-,16-,17-/m0/s1. The molecule has 0 aromatic heterocycles. The minimum Gasteiger partial charge on any atom is -0.390 e. The highest BCUT2D eigenvalue weighted by Crippen LogP contribution is 2.61. The number of carbonyl (C=O) groups is 2. The Labute approximate surface area is 120 Å². The van der Waals surface area contributed by atoms with Crippen LogP contribution in [0.2, 0.25) is 0 Å². The third kappa shape index (κ3) is 1.75. The Morgan fingerprint density at radius 1 is 1.35 bits per heavy atom. The highest BCUT2D eigenvalue weighted by atomic mass is 16.3. The van der Waals surface area contributed by atoms with Gasteiger partial charge >= 0.3 is 0 Å². The van der Waals surface area contributed by atoms with Crippen molar-refractivity contribution in [1.29, 1.82) is 0 Å². The summed E-state index contributed by atoms with van der Waals surface area (Å²) in [7, 11) is 0. The van der Waals surface area contributed by atoms with Crippen LogP contribution in [0, 0.1) is 23.2 Å². The Hall–Kier alpha value is -0.960. The number of aliphatic hydroxyl groups is 1. The number of rotatable bonds is 2. The van der Waals surface area contributed by atoms with Gasteiger partial charge < -0.3 is 9.90 Å². The van der Waals surface area contributed by atoms with E-state index >= 15 is 0 Å². The van der Waals surface area contributed by atoms with Gasteiger partial charge in [0, 0.05) is 17.8 Å². The van der Waals surface area contributed by atoms with Crippen LogP contribution in [0.15, 0.2) is 11.1 Å². The lowest BCUT2D eigenvalue weighted by Crippen LogP contribution is -2.45. The summed E-state index contributed by atoms with van der Waals surface area (Å²) >= 11 is 0. The van der Waals surface area contributed by atoms with Crippen LogP contribution >= 0.6 is 0 Å². The first-order valence-electron chi connectivity index (χ1n) is 7.75. The molecule has 1 fully saturated rings. The zero-order chi connectivity index (χ0) is 14.7. The van der Waals surface area contributed by atoms with Crippen LogP contribution in [0.5, 0.6) is 0 Å². The zero-order valence-corrected chi connectivity index (χ0v) is 12.6. The molecule has 0 saturated heterocycles. The van der Waals surface area contributed by atoms with Crippen molar-refractivity contribution in [3.8, 4) is 0 Å². The molecule has 3 nitrogen and oxygen atoms in total. The molecule has 1 saturated carbocycles. The molecular formula is C17H24O3. The van der Waals surface area contributed by atoms with Crippen molar-refractivity contribution in [1.82, 2.24) is 0 Å². The second-order valence-electron chi connectivity index (χ2n) is 7.57. The molecule has 0 radical (unpaired) electrons. The van der Waals surface area contributed by atoms with Crippen molar-refractivity contribution in [3.63, 3.8) is 0 Å². The van der Waals surface area contributed by atoms with Gasteiger partial charge in [0.25, 0.3) is 0 Å². The van der Waals surface area contributed by atoms with Gasteiger partial charge in [0.05, 0.1) is 5.60 Å². The number of ketones is 1. The maximum atomic E-state index is 12.7. The van der Waals surface area contributed by atoms with Gasteiger partial charge in [0.15, 0.2) is 5.78 Å². The Kier molecular flexibility index (Phi) is 2.99. The summed E-state index contributed by atoms with van der Waals surface area (Å²) in [5, 5.41) is 10.6. The first-order valence-corrected chi connectivity index (χ1v) is 7.75. The number of carbonyl (C=O) groups excluding carboxylic acids is 2. The van der Waals surface area contributed by atoms with Crippen molar-refractivity contribution in [2.45, 2.75) is 58.5 Å². The molecule has 0 amide bonds. The Morgan fingerprint density at radius 2 is 2.05 bits per heavy atom. The molecular weight excluding hydrogens is 252 g/mol. The van der Waals surface area contributed by atoms with Crippen molar-refractivity contribution in [3.05, 3.63) is 11.1 Å². The van der Waals surface area contributed by atoms with E-state index < -0.39 is 5.60 Å². The first-order chi connectivity index (χ1) is 9.30. The summed E-state index contributed by atoms with van der Waals surface area (Å²) in [6.45, 7) is 5.99. The minimum atomic E-state index is -0.667. The summed E-state index contributed by atoms with van der Waals surface area (Å²) in [5.74, 6) is -0.0277. The number of hydrogen-bond donors (Lipinski definition) is 1. The molecule has 3 aliphatic carbocycles. The minimum absolute atomic E-state index is 0.0141. The Bertz CT molecular complexity index is 502. The van der Waals surface area contributed by atoms with Crippen LogP contribution in [-0.2, 0) is 9.59 Å². The fourth-order valence-electron chi connectivity index (χ4n) is 4.84. The molecule has 110 valence electrons. The second kappa shape index (κ2) is 4.27. The molecule has 3 heteroatoms. The predicted molar refractivity (Wildman–Crippen MR) is 76.1 cm³/mol. The molecule has 0 heterocycles. The van der Waals surface area contributed by atoms with E-state index in [1.54, 1.807) is 0 Å². The highest BCUT2D eigenvalue weighted by Gasteiger charge is 2.56. The van der Waals surface area contributed by atoms with Crippen molar-refractivity contribution in [2.24, 2.45) is 23.2 Å². The molecule has 3 rings (SSSR count). The molecule has 0 aromatic carbocycles. The SMILES string of the molecule is C[C@@H](C=O)[C@@H]1C[C@]2(C)CC[C@H]3C2=C(CC[C@]3(C)O)C1=O. The van der Waals surface area contributed by atoms with E-state index in [4.69, 9.17) is 0 Å². The van der Waals surface area contributed by atoms with E-state index in [0.29, 0.717) is 12.8 Å². The molecule has 1 N–H and O–H groups in total. The van der Waals surface area contributed by atoms with Gasteiger partial charge in [-0.25, -0.2) is 0 Å². The molecule has 5 atom stereocenters. The van der Waals surface area contributed by atoms with Crippen LogP contribution in [0.4, 0.5) is 0 Å². The molecule has 0 aliphatic heterocycles. The summed E-state index contributed by atoms with van der Waals surface area (Å²) in [5.41, 5.74) is 1.53. The van der Waals surface area contributed by atoms with Gasteiger partial charge in [-0.3, -0.25) is 4.79 Å². The number of hydrogen-bond acceptors (Lipinski definition) is 3. The molecule has 3 aliphatic rings. The van der Waals surface area contributed by atoms with E-state index in [1.807, 2.05) is 13.8 Å². The second-order valence-corrected chi connectivity index (χ2v) is 7.57. The topological polar surface area (TPSA) is 54.4 Å². The Balaban J connectivity index is 2.08. The molecule has 20 heavy (non-hydrogen) atoms. The average molecular weight is 276 g/mol. The third-order valence-electron chi connectivity index (χ3n) is 6.09. The van der Waals surface area contributed by atoms with E-state index in [-0.39, 0.29) is 29.0 Å². The fourth-order valence-corrected chi connectivity index (χ4v) is 4.84. The lowest BCUT2D eigenvalue weighted by atomic mass is 9.59. The summed E-state index contributed by atoms with van der Waals surface area (Å²) in [6, 6.07) is 0. The van der Waals surface area contributed by atoms with Crippen LogP contribution in [0.25, 0.3) is 0 Å². The summed E-state index contributed by atoms with van der Waals surface area (Å²) < 4.78 is 0. The van der Waals surface area contributed by atoms with Gasteiger partial charge in [-0.2, -0.15) is 0 Å². The number of Topliss-reactive ketones (excluding diaryl/α,β-unsaturated/α-hetero) is 1. The van der Waals surface area contributed by atoms with Crippen molar-refractivity contribution in [2.75, 3.05) is 0 Å². The van der Waals surface area contributed by atoms with E-state index in [0.717, 1.165) is 31.1 Å². The van der Waals surface area contributed by atoms with Crippen LogP contribution in [0.3, 0.4) is 0 Å². The zero-order valence-electron chi connectivity index (χ0n) is 12.6.